The van der Waals surface area contributed by atoms with Crippen molar-refractivity contribution in [2.24, 2.45) is 5.41 Å². The van der Waals surface area contributed by atoms with E-state index in [4.69, 9.17) is 0 Å². The molecule has 0 saturated heterocycles. The summed E-state index contributed by atoms with van der Waals surface area (Å²) in [4.78, 5) is 4.19. The van der Waals surface area contributed by atoms with Crippen LogP contribution in [0.25, 0.3) is 5.65 Å². The highest BCUT2D eigenvalue weighted by atomic mass is 19.1. The van der Waals surface area contributed by atoms with E-state index in [-0.39, 0.29) is 11.2 Å². The highest BCUT2D eigenvalue weighted by molar-refractivity contribution is 5.43. The number of aromatic nitrogens is 3. The van der Waals surface area contributed by atoms with E-state index in [9.17, 15) is 9.50 Å². The minimum atomic E-state index is -0.469. The van der Waals surface area contributed by atoms with Crippen LogP contribution in [0.1, 0.15) is 27.2 Å². The second-order valence-electron chi connectivity index (χ2n) is 5.89. The Morgan fingerprint density at radius 2 is 2.16 bits per heavy atom. The molecule has 6 heteroatoms. The summed E-state index contributed by atoms with van der Waals surface area (Å²) in [6.45, 7) is 6.59. The van der Waals surface area contributed by atoms with Crippen LogP contribution in [-0.4, -0.2) is 32.4 Å². The summed E-state index contributed by atoms with van der Waals surface area (Å²) < 4.78 is 14.4. The molecule has 0 fully saturated rings. The van der Waals surface area contributed by atoms with Gasteiger partial charge in [-0.1, -0.05) is 20.8 Å². The first-order chi connectivity index (χ1) is 8.83. The van der Waals surface area contributed by atoms with Gasteiger partial charge in [-0.05, 0) is 24.0 Å². The summed E-state index contributed by atoms with van der Waals surface area (Å²) in [5.74, 6) is 0.0234. The molecule has 104 valence electrons. The minimum absolute atomic E-state index is 0.0660. The lowest BCUT2D eigenvalue weighted by atomic mass is 9.89. The molecular formula is C13H19FN4O. The van der Waals surface area contributed by atoms with Gasteiger partial charge in [-0.15, -0.1) is 5.10 Å². The van der Waals surface area contributed by atoms with Crippen molar-refractivity contribution >= 4 is 11.6 Å². The van der Waals surface area contributed by atoms with E-state index in [1.807, 2.05) is 0 Å². The van der Waals surface area contributed by atoms with Gasteiger partial charge >= 0.3 is 0 Å². The monoisotopic (exact) mass is 266 g/mol. The number of fused-ring (bicyclic) bond motifs is 1. The number of aliphatic hydroxyl groups excluding tert-OH is 1. The summed E-state index contributed by atoms with van der Waals surface area (Å²) in [6, 6.07) is 2.89. The molecule has 2 N–H and O–H groups in total. The van der Waals surface area contributed by atoms with Gasteiger partial charge in [0.1, 0.15) is 5.82 Å². The zero-order chi connectivity index (χ0) is 14.0. The highest BCUT2D eigenvalue weighted by Crippen LogP contribution is 2.20. The van der Waals surface area contributed by atoms with E-state index in [0.717, 1.165) is 0 Å². The lowest BCUT2D eigenvalue weighted by Gasteiger charge is -2.22. The standard InChI is InChI=1S/C13H19FN4O/c1-13(2,3)6-10(19)7-15-12-16-11-5-4-9(14)8-18(11)17-12/h4-5,8,10,19H,6-7H2,1-3H3,(H,15,17). The summed E-state index contributed by atoms with van der Waals surface area (Å²) in [5, 5.41) is 16.9. The first-order valence-corrected chi connectivity index (χ1v) is 6.27. The van der Waals surface area contributed by atoms with Crippen molar-refractivity contribution in [3.8, 4) is 0 Å². The summed E-state index contributed by atoms with van der Waals surface area (Å²) in [6.07, 6.45) is 1.48. The fourth-order valence-electron chi connectivity index (χ4n) is 1.92. The zero-order valence-electron chi connectivity index (χ0n) is 11.4. The van der Waals surface area contributed by atoms with E-state index in [1.165, 1.54) is 16.8 Å². The molecule has 0 aliphatic heterocycles. The number of anilines is 1. The lowest BCUT2D eigenvalue weighted by molar-refractivity contribution is 0.132. The average Bonchev–Trinajstić information content (AvgIpc) is 2.66. The van der Waals surface area contributed by atoms with Crippen LogP contribution in [-0.2, 0) is 0 Å². The van der Waals surface area contributed by atoms with Crippen molar-refractivity contribution in [2.45, 2.75) is 33.3 Å². The summed E-state index contributed by atoms with van der Waals surface area (Å²) in [7, 11) is 0. The van der Waals surface area contributed by atoms with Crippen molar-refractivity contribution in [1.82, 2.24) is 14.6 Å². The Balaban J connectivity index is 1.98. The number of hydrogen-bond donors (Lipinski definition) is 2. The van der Waals surface area contributed by atoms with E-state index in [1.54, 1.807) is 6.07 Å². The van der Waals surface area contributed by atoms with Gasteiger partial charge in [0, 0.05) is 6.54 Å². The zero-order valence-corrected chi connectivity index (χ0v) is 11.4. The molecule has 1 atom stereocenters. The number of aliphatic hydroxyl groups is 1. The molecule has 0 saturated carbocycles. The van der Waals surface area contributed by atoms with Crippen LogP contribution in [0.2, 0.25) is 0 Å². The van der Waals surface area contributed by atoms with Crippen LogP contribution in [0.4, 0.5) is 10.3 Å². The Kier molecular flexibility index (Phi) is 3.71. The molecular weight excluding hydrogens is 247 g/mol. The minimum Gasteiger partial charge on any atom is -0.391 e. The fraction of sp³-hybridized carbons (Fsp3) is 0.538. The van der Waals surface area contributed by atoms with Crippen molar-refractivity contribution in [3.05, 3.63) is 24.1 Å². The van der Waals surface area contributed by atoms with Crippen LogP contribution in [0.5, 0.6) is 0 Å². The Morgan fingerprint density at radius 3 is 2.84 bits per heavy atom. The van der Waals surface area contributed by atoms with Crippen LogP contribution in [0.3, 0.4) is 0 Å². The SMILES string of the molecule is CC(C)(C)CC(O)CNc1nc2ccc(F)cn2n1. The fourth-order valence-corrected chi connectivity index (χ4v) is 1.92. The molecule has 19 heavy (non-hydrogen) atoms. The molecule has 0 aromatic carbocycles. The quantitative estimate of drug-likeness (QED) is 0.889. The van der Waals surface area contributed by atoms with Gasteiger partial charge < -0.3 is 10.4 Å². The number of halogens is 1. The molecule has 0 aliphatic carbocycles. The van der Waals surface area contributed by atoms with Gasteiger partial charge in [0.2, 0.25) is 5.95 Å². The third kappa shape index (κ3) is 3.89. The lowest BCUT2D eigenvalue weighted by Crippen LogP contribution is -2.25. The summed E-state index contributed by atoms with van der Waals surface area (Å²) >= 11 is 0. The first-order valence-electron chi connectivity index (χ1n) is 6.27. The maximum atomic E-state index is 13.0. The Hall–Kier alpha value is -1.69. The smallest absolute Gasteiger partial charge is 0.243 e. The Morgan fingerprint density at radius 1 is 1.42 bits per heavy atom. The molecule has 0 amide bonds. The number of pyridine rings is 1. The molecule has 2 rings (SSSR count). The average molecular weight is 266 g/mol. The van der Waals surface area contributed by atoms with Gasteiger partial charge in [-0.3, -0.25) is 0 Å². The van der Waals surface area contributed by atoms with Crippen molar-refractivity contribution in [2.75, 3.05) is 11.9 Å². The molecule has 5 nitrogen and oxygen atoms in total. The van der Waals surface area contributed by atoms with Crippen LogP contribution in [0, 0.1) is 11.2 Å². The highest BCUT2D eigenvalue weighted by Gasteiger charge is 2.17. The third-order valence-corrected chi connectivity index (χ3v) is 2.64. The topological polar surface area (TPSA) is 62.5 Å². The van der Waals surface area contributed by atoms with Crippen LogP contribution < -0.4 is 5.32 Å². The van der Waals surface area contributed by atoms with E-state index >= 15 is 0 Å². The number of hydrogen-bond acceptors (Lipinski definition) is 4. The number of nitrogens with one attached hydrogen (secondary N) is 1. The third-order valence-electron chi connectivity index (χ3n) is 2.64. The Labute approximate surface area is 111 Å². The predicted molar refractivity (Wildman–Crippen MR) is 71.5 cm³/mol. The van der Waals surface area contributed by atoms with Gasteiger partial charge in [0.05, 0.1) is 12.3 Å². The van der Waals surface area contributed by atoms with Crippen molar-refractivity contribution < 1.29 is 9.50 Å². The molecule has 2 aromatic heterocycles. The maximum absolute atomic E-state index is 13.0. The molecule has 0 radical (unpaired) electrons. The normalized spacial score (nSPS) is 13.7. The van der Waals surface area contributed by atoms with Crippen molar-refractivity contribution in [1.29, 1.82) is 0 Å². The molecule has 1 unspecified atom stereocenters. The van der Waals surface area contributed by atoms with Crippen LogP contribution >= 0.6 is 0 Å². The largest absolute Gasteiger partial charge is 0.391 e. The second-order valence-corrected chi connectivity index (χ2v) is 5.89. The molecule has 0 bridgehead atoms. The molecule has 0 spiro atoms. The first kappa shape index (κ1) is 13.7. The molecule has 0 aliphatic rings. The number of rotatable bonds is 4. The van der Waals surface area contributed by atoms with E-state index in [2.05, 4.69) is 36.2 Å². The second kappa shape index (κ2) is 5.13. The Bertz CT molecular complexity index is 561. The van der Waals surface area contributed by atoms with E-state index < -0.39 is 6.10 Å². The predicted octanol–water partition coefficient (Wildman–Crippen LogP) is 2.08. The van der Waals surface area contributed by atoms with Crippen molar-refractivity contribution in [3.63, 3.8) is 0 Å². The maximum Gasteiger partial charge on any atom is 0.243 e. The van der Waals surface area contributed by atoms with Gasteiger partial charge in [-0.25, -0.2) is 8.91 Å². The molecule has 2 heterocycles. The van der Waals surface area contributed by atoms with E-state index in [0.29, 0.717) is 24.6 Å². The molecule has 2 aromatic rings. The van der Waals surface area contributed by atoms with Crippen LogP contribution in [0.15, 0.2) is 18.3 Å². The van der Waals surface area contributed by atoms with Gasteiger partial charge in [0.25, 0.3) is 0 Å². The van der Waals surface area contributed by atoms with Gasteiger partial charge in [0.15, 0.2) is 5.65 Å². The number of nitrogens with zero attached hydrogens (tertiary/aromatic N) is 3. The van der Waals surface area contributed by atoms with Gasteiger partial charge in [-0.2, -0.15) is 4.98 Å². The summed E-state index contributed by atoms with van der Waals surface area (Å²) in [5.41, 5.74) is 0.630.